The molecule has 0 amide bonds. The van der Waals surface area contributed by atoms with Crippen LogP contribution in [0.4, 0.5) is 0 Å². The number of aromatic amines is 1. The number of aromatic nitrogens is 4. The number of hydrogen-bond acceptors (Lipinski definition) is 3. The summed E-state index contributed by atoms with van der Waals surface area (Å²) < 4.78 is 2.89. The van der Waals surface area contributed by atoms with Crippen molar-refractivity contribution in [1.29, 1.82) is 0 Å². The summed E-state index contributed by atoms with van der Waals surface area (Å²) in [6.45, 7) is 0.592. The second kappa shape index (κ2) is 4.79. The van der Waals surface area contributed by atoms with Gasteiger partial charge in [-0.1, -0.05) is 6.07 Å². The zero-order chi connectivity index (χ0) is 13.4. The number of fused-ring (bicyclic) bond motifs is 1. The molecule has 0 atom stereocenters. The molecule has 98 valence electrons. The van der Waals surface area contributed by atoms with E-state index in [1.807, 2.05) is 17.8 Å². The van der Waals surface area contributed by atoms with Crippen LogP contribution in [0.15, 0.2) is 29.0 Å². The number of hydrogen-bond donors (Lipinski definition) is 2. The summed E-state index contributed by atoms with van der Waals surface area (Å²) in [7, 11) is 1.94. The van der Waals surface area contributed by atoms with Crippen molar-refractivity contribution >= 4 is 27.0 Å². The monoisotopic (exact) mass is 319 g/mol. The molecule has 3 aromatic rings. The molecule has 2 aromatic heterocycles. The van der Waals surface area contributed by atoms with Gasteiger partial charge in [0.1, 0.15) is 0 Å². The minimum Gasteiger partial charge on any atom is -0.345 e. The fourth-order valence-electron chi connectivity index (χ4n) is 2.25. The maximum Gasteiger partial charge on any atom is 0.0931 e. The van der Waals surface area contributed by atoms with Crippen molar-refractivity contribution in [1.82, 2.24) is 19.7 Å². The van der Waals surface area contributed by atoms with Crippen LogP contribution in [0.5, 0.6) is 0 Å². The van der Waals surface area contributed by atoms with Gasteiger partial charge in [-0.05, 0) is 34.6 Å². The molecule has 0 radical (unpaired) electrons. The molecule has 0 saturated heterocycles. The molecule has 0 aliphatic heterocycles. The van der Waals surface area contributed by atoms with E-state index in [4.69, 9.17) is 5.73 Å². The van der Waals surface area contributed by atoms with Crippen LogP contribution in [0, 0.1) is 0 Å². The summed E-state index contributed by atoms with van der Waals surface area (Å²) in [5.41, 5.74) is 10.7. The Balaban J connectivity index is 2.14. The van der Waals surface area contributed by atoms with Gasteiger partial charge in [-0.25, -0.2) is 4.98 Å². The summed E-state index contributed by atoms with van der Waals surface area (Å²) in [6.07, 6.45) is 2.47. The second-order valence-corrected chi connectivity index (χ2v) is 5.20. The van der Waals surface area contributed by atoms with Crippen molar-refractivity contribution in [3.05, 3.63) is 34.7 Å². The third-order valence-electron chi connectivity index (χ3n) is 3.13. The van der Waals surface area contributed by atoms with Crippen LogP contribution in [0.25, 0.3) is 22.3 Å². The first-order chi connectivity index (χ1) is 9.20. The molecule has 19 heavy (non-hydrogen) atoms. The van der Waals surface area contributed by atoms with Gasteiger partial charge in [0.25, 0.3) is 0 Å². The van der Waals surface area contributed by atoms with Crippen molar-refractivity contribution in [3.63, 3.8) is 0 Å². The van der Waals surface area contributed by atoms with Crippen molar-refractivity contribution in [2.45, 2.75) is 6.42 Å². The van der Waals surface area contributed by atoms with E-state index in [0.717, 1.165) is 38.9 Å². The summed E-state index contributed by atoms with van der Waals surface area (Å²) >= 11 is 3.63. The fraction of sp³-hybridized carbons (Fsp3) is 0.231. The maximum absolute atomic E-state index is 5.60. The smallest absolute Gasteiger partial charge is 0.0931 e. The van der Waals surface area contributed by atoms with Gasteiger partial charge in [0.15, 0.2) is 0 Å². The zero-order valence-corrected chi connectivity index (χ0v) is 12.1. The van der Waals surface area contributed by atoms with Crippen LogP contribution >= 0.6 is 15.9 Å². The average Bonchev–Trinajstić information content (AvgIpc) is 2.95. The van der Waals surface area contributed by atoms with Crippen molar-refractivity contribution in [2.75, 3.05) is 6.54 Å². The number of H-pyrrole nitrogens is 1. The van der Waals surface area contributed by atoms with Gasteiger partial charge in [0, 0.05) is 19.0 Å². The number of nitrogens with two attached hydrogens (primary N) is 1. The van der Waals surface area contributed by atoms with E-state index in [1.165, 1.54) is 0 Å². The van der Waals surface area contributed by atoms with Crippen LogP contribution < -0.4 is 5.73 Å². The van der Waals surface area contributed by atoms with Gasteiger partial charge in [-0.15, -0.1) is 0 Å². The average molecular weight is 320 g/mol. The highest BCUT2D eigenvalue weighted by atomic mass is 79.9. The van der Waals surface area contributed by atoms with E-state index >= 15 is 0 Å². The number of halogens is 1. The lowest BCUT2D eigenvalue weighted by Gasteiger charge is -2.03. The second-order valence-electron chi connectivity index (χ2n) is 4.41. The van der Waals surface area contributed by atoms with E-state index in [2.05, 4.69) is 43.1 Å². The normalized spacial score (nSPS) is 11.3. The Labute approximate surface area is 119 Å². The third kappa shape index (κ3) is 2.06. The number of nitrogens with zero attached hydrogens (tertiary/aromatic N) is 3. The van der Waals surface area contributed by atoms with Crippen LogP contribution in [0.1, 0.15) is 5.69 Å². The molecule has 1 aromatic carbocycles. The zero-order valence-electron chi connectivity index (χ0n) is 10.5. The molecular weight excluding hydrogens is 306 g/mol. The molecule has 0 aliphatic carbocycles. The molecule has 0 spiro atoms. The largest absolute Gasteiger partial charge is 0.345 e. The van der Waals surface area contributed by atoms with Crippen molar-refractivity contribution in [2.24, 2.45) is 12.8 Å². The number of imidazole rings is 1. The molecule has 0 saturated carbocycles. The Morgan fingerprint density at radius 3 is 3.05 bits per heavy atom. The predicted octanol–water partition coefficient (Wildman–Crippen LogP) is 2.23. The number of rotatable bonds is 3. The first kappa shape index (κ1) is 12.4. The van der Waals surface area contributed by atoms with Crippen molar-refractivity contribution in [3.8, 4) is 11.3 Å². The highest BCUT2D eigenvalue weighted by molar-refractivity contribution is 9.10. The fourth-order valence-corrected chi connectivity index (χ4v) is 3.01. The van der Waals surface area contributed by atoms with Gasteiger partial charge in [0.05, 0.1) is 33.2 Å². The minimum absolute atomic E-state index is 0.592. The Morgan fingerprint density at radius 1 is 1.42 bits per heavy atom. The Bertz CT molecular complexity index is 728. The van der Waals surface area contributed by atoms with Gasteiger partial charge < -0.3 is 10.7 Å². The summed E-state index contributed by atoms with van der Waals surface area (Å²) in [5.74, 6) is 0. The SMILES string of the molecule is Cn1nc(CCN)c(Br)c1-c1ccc2nc[nH]c2c1. The van der Waals surface area contributed by atoms with E-state index in [-0.39, 0.29) is 0 Å². The maximum atomic E-state index is 5.60. The van der Waals surface area contributed by atoms with Crippen LogP contribution in [0.2, 0.25) is 0 Å². The lowest BCUT2D eigenvalue weighted by molar-refractivity contribution is 0.745. The first-order valence-electron chi connectivity index (χ1n) is 6.05. The highest BCUT2D eigenvalue weighted by Crippen LogP contribution is 2.32. The molecule has 5 nitrogen and oxygen atoms in total. The predicted molar refractivity (Wildman–Crippen MR) is 78.8 cm³/mol. The molecule has 3 N–H and O–H groups in total. The Morgan fingerprint density at radius 2 is 2.26 bits per heavy atom. The molecule has 0 fully saturated rings. The Hall–Kier alpha value is -1.66. The third-order valence-corrected chi connectivity index (χ3v) is 3.96. The van der Waals surface area contributed by atoms with E-state index < -0.39 is 0 Å². The van der Waals surface area contributed by atoms with E-state index in [1.54, 1.807) is 6.33 Å². The molecule has 0 bridgehead atoms. The summed E-state index contributed by atoms with van der Waals surface area (Å²) in [6, 6.07) is 6.14. The molecule has 0 aliphatic rings. The molecule has 6 heteroatoms. The first-order valence-corrected chi connectivity index (χ1v) is 6.85. The standard InChI is InChI=1S/C13H14BrN5/c1-19-13(12(14)10(18-19)4-5-15)8-2-3-9-11(6-8)17-7-16-9/h2-3,6-7H,4-5,15H2,1H3,(H,16,17). The number of benzene rings is 1. The molecule has 2 heterocycles. The minimum atomic E-state index is 0.592. The molecular formula is C13H14BrN5. The molecule has 0 unspecified atom stereocenters. The quantitative estimate of drug-likeness (QED) is 0.777. The lowest BCUT2D eigenvalue weighted by Crippen LogP contribution is -2.04. The Kier molecular flexibility index (Phi) is 3.12. The van der Waals surface area contributed by atoms with Gasteiger partial charge >= 0.3 is 0 Å². The summed E-state index contributed by atoms with van der Waals surface area (Å²) in [5, 5.41) is 4.51. The highest BCUT2D eigenvalue weighted by Gasteiger charge is 2.15. The van der Waals surface area contributed by atoms with E-state index in [0.29, 0.717) is 6.54 Å². The van der Waals surface area contributed by atoms with Gasteiger partial charge in [-0.2, -0.15) is 5.10 Å². The van der Waals surface area contributed by atoms with Crippen LogP contribution in [-0.2, 0) is 13.5 Å². The number of aryl methyl sites for hydroxylation is 1. The van der Waals surface area contributed by atoms with Gasteiger partial charge in [-0.3, -0.25) is 4.68 Å². The van der Waals surface area contributed by atoms with Gasteiger partial charge in [0.2, 0.25) is 0 Å². The lowest BCUT2D eigenvalue weighted by atomic mass is 10.1. The number of nitrogens with one attached hydrogen (secondary N) is 1. The van der Waals surface area contributed by atoms with E-state index in [9.17, 15) is 0 Å². The molecule has 3 rings (SSSR count). The van der Waals surface area contributed by atoms with Crippen LogP contribution in [0.3, 0.4) is 0 Å². The van der Waals surface area contributed by atoms with Crippen LogP contribution in [-0.4, -0.2) is 26.3 Å². The summed E-state index contributed by atoms with van der Waals surface area (Å²) in [4.78, 5) is 7.35. The van der Waals surface area contributed by atoms with Crippen molar-refractivity contribution < 1.29 is 0 Å². The topological polar surface area (TPSA) is 72.5 Å².